The highest BCUT2D eigenvalue weighted by molar-refractivity contribution is 6.41. The van der Waals surface area contributed by atoms with Crippen molar-refractivity contribution in [1.29, 1.82) is 0 Å². The standard InChI is InChI=1S/C31H41B2FN4O5/c1-28(2)19-38(20-29(3,4)43-28)16-21-11-12-25(34)24(15-21)31(32,33)36-26-10-7-9-22(18-40)23(26)17-37(6)30(42,13-8-14-39)27(41)35-5/h7,9-12,14-15,18,36,42H,8,13,16-17,19-20H2,1-6H3,(H,35,41). The molecule has 0 aliphatic carbocycles. The monoisotopic (exact) mass is 590 g/mol. The largest absolute Gasteiger partial charge is 0.392 e. The number of halogens is 1. The molecule has 1 amide bonds. The number of rotatable bonds is 13. The Morgan fingerprint density at radius 3 is 2.40 bits per heavy atom. The third kappa shape index (κ3) is 8.32. The highest BCUT2D eigenvalue weighted by atomic mass is 19.1. The van der Waals surface area contributed by atoms with Crippen LogP contribution in [0.25, 0.3) is 0 Å². The van der Waals surface area contributed by atoms with E-state index in [0.717, 1.165) is 5.56 Å². The fourth-order valence-electron chi connectivity index (χ4n) is 5.91. The zero-order valence-corrected chi connectivity index (χ0v) is 25.9. The van der Waals surface area contributed by atoms with Gasteiger partial charge in [0.25, 0.3) is 5.91 Å². The van der Waals surface area contributed by atoms with Crippen molar-refractivity contribution in [1.82, 2.24) is 15.1 Å². The Balaban J connectivity index is 1.93. The molecule has 1 atom stereocenters. The second-order valence-electron chi connectivity index (χ2n) is 12.5. The van der Waals surface area contributed by atoms with Gasteiger partial charge in [0, 0.05) is 57.3 Å². The molecule has 43 heavy (non-hydrogen) atoms. The number of likely N-dealkylation sites (N-methyl/N-ethyl adjacent to an activating group) is 2. The third-order valence-corrected chi connectivity index (χ3v) is 7.55. The number of morpholine rings is 1. The summed E-state index contributed by atoms with van der Waals surface area (Å²) >= 11 is 0. The molecule has 0 saturated carbocycles. The van der Waals surface area contributed by atoms with Crippen molar-refractivity contribution in [3.05, 3.63) is 64.5 Å². The Hall–Kier alpha value is -3.05. The number of nitrogens with one attached hydrogen (secondary N) is 2. The second kappa shape index (κ2) is 13.3. The van der Waals surface area contributed by atoms with Gasteiger partial charge in [0.2, 0.25) is 0 Å². The summed E-state index contributed by atoms with van der Waals surface area (Å²) in [5.41, 5.74) is -1.03. The van der Waals surface area contributed by atoms with Crippen LogP contribution in [0.2, 0.25) is 0 Å². The summed E-state index contributed by atoms with van der Waals surface area (Å²) in [5, 5.41) is 14.7. The molecule has 1 aliphatic rings. The van der Waals surface area contributed by atoms with Crippen molar-refractivity contribution < 1.29 is 28.6 Å². The average molecular weight is 590 g/mol. The molecule has 228 valence electrons. The Morgan fingerprint density at radius 2 is 1.81 bits per heavy atom. The number of benzene rings is 2. The second-order valence-corrected chi connectivity index (χ2v) is 12.5. The Kier molecular flexibility index (Phi) is 10.7. The summed E-state index contributed by atoms with van der Waals surface area (Å²) in [7, 11) is 15.9. The van der Waals surface area contributed by atoms with Crippen molar-refractivity contribution in [2.45, 2.75) is 75.9 Å². The zero-order chi connectivity index (χ0) is 32.2. The molecule has 1 heterocycles. The molecule has 1 saturated heterocycles. The van der Waals surface area contributed by atoms with E-state index in [-0.39, 0.29) is 41.7 Å². The van der Waals surface area contributed by atoms with Crippen LogP contribution in [0.3, 0.4) is 0 Å². The summed E-state index contributed by atoms with van der Waals surface area (Å²) in [6, 6.07) is 9.43. The van der Waals surface area contributed by atoms with Gasteiger partial charge in [0.15, 0.2) is 5.72 Å². The number of aldehydes is 2. The Morgan fingerprint density at radius 1 is 1.16 bits per heavy atom. The zero-order valence-electron chi connectivity index (χ0n) is 25.9. The fourth-order valence-corrected chi connectivity index (χ4v) is 5.91. The Bertz CT molecular complexity index is 1320. The van der Waals surface area contributed by atoms with E-state index in [1.54, 1.807) is 30.3 Å². The van der Waals surface area contributed by atoms with Crippen molar-refractivity contribution in [2.24, 2.45) is 0 Å². The molecule has 1 aliphatic heterocycles. The molecule has 3 N–H and O–H groups in total. The van der Waals surface area contributed by atoms with Crippen LogP contribution in [0.5, 0.6) is 0 Å². The number of hydrogen-bond acceptors (Lipinski definition) is 8. The van der Waals surface area contributed by atoms with E-state index in [1.807, 2.05) is 27.7 Å². The maximum atomic E-state index is 15.2. The number of amides is 1. The smallest absolute Gasteiger partial charge is 0.267 e. The third-order valence-electron chi connectivity index (χ3n) is 7.55. The number of hydrogen-bond donors (Lipinski definition) is 3. The number of carbonyl (C=O) groups is 3. The van der Waals surface area contributed by atoms with E-state index >= 15 is 4.39 Å². The van der Waals surface area contributed by atoms with Crippen LogP contribution < -0.4 is 10.6 Å². The summed E-state index contributed by atoms with van der Waals surface area (Å²) < 4.78 is 21.4. The Labute approximate surface area is 256 Å². The van der Waals surface area contributed by atoms with E-state index in [0.29, 0.717) is 43.5 Å². The minimum Gasteiger partial charge on any atom is -0.392 e. The molecular formula is C31H41B2FN4O5. The number of anilines is 1. The molecule has 0 bridgehead atoms. The molecule has 4 radical (unpaired) electrons. The molecular weight excluding hydrogens is 549 g/mol. The van der Waals surface area contributed by atoms with Crippen LogP contribution in [-0.4, -0.2) is 93.2 Å². The van der Waals surface area contributed by atoms with Gasteiger partial charge in [-0.2, -0.15) is 0 Å². The van der Waals surface area contributed by atoms with Crippen molar-refractivity contribution in [3.63, 3.8) is 0 Å². The van der Waals surface area contributed by atoms with Crippen LogP contribution >= 0.6 is 0 Å². The summed E-state index contributed by atoms with van der Waals surface area (Å²) in [5.74, 6) is -1.33. The van der Waals surface area contributed by atoms with Gasteiger partial charge in [-0.05, 0) is 68.9 Å². The quantitative estimate of drug-likeness (QED) is 0.186. The molecule has 2 aromatic rings. The van der Waals surface area contributed by atoms with Gasteiger partial charge < -0.3 is 25.3 Å². The predicted molar refractivity (Wildman–Crippen MR) is 165 cm³/mol. The molecule has 9 nitrogen and oxygen atoms in total. The summed E-state index contributed by atoms with van der Waals surface area (Å²) in [6.45, 7) is 9.91. The van der Waals surface area contributed by atoms with Gasteiger partial charge in [-0.1, -0.05) is 24.3 Å². The van der Waals surface area contributed by atoms with Crippen molar-refractivity contribution >= 4 is 39.9 Å². The molecule has 3 rings (SSSR count). The van der Waals surface area contributed by atoms with E-state index < -0.39 is 22.8 Å². The number of carbonyl (C=O) groups excluding carboxylic acids is 3. The maximum absolute atomic E-state index is 15.2. The lowest BCUT2D eigenvalue weighted by Crippen LogP contribution is -2.56. The number of aliphatic hydroxyl groups is 1. The van der Waals surface area contributed by atoms with Gasteiger partial charge in [-0.25, -0.2) is 4.39 Å². The average Bonchev–Trinajstić information content (AvgIpc) is 2.91. The molecule has 2 aromatic carbocycles. The van der Waals surface area contributed by atoms with Crippen LogP contribution in [0, 0.1) is 5.82 Å². The first-order valence-corrected chi connectivity index (χ1v) is 14.2. The molecule has 0 aromatic heterocycles. The van der Waals surface area contributed by atoms with Gasteiger partial charge in [0.05, 0.1) is 26.9 Å². The fraction of sp³-hybridized carbons (Fsp3) is 0.516. The lowest BCUT2D eigenvalue weighted by molar-refractivity contribution is -0.182. The SMILES string of the molecule is [B]C([B])(Nc1cccc(C=O)c1CN(C)C(O)(CCC=O)C(=O)NC)c1cc(CN2CC(C)(C)OC(C)(C)C2)ccc1F. The van der Waals surface area contributed by atoms with Gasteiger partial charge in [-0.15, -0.1) is 0 Å². The van der Waals surface area contributed by atoms with Crippen LogP contribution in [0.15, 0.2) is 36.4 Å². The highest BCUT2D eigenvalue weighted by Gasteiger charge is 2.40. The number of nitrogens with zero attached hydrogens (tertiary/aromatic N) is 2. The van der Waals surface area contributed by atoms with Crippen LogP contribution in [0.4, 0.5) is 10.1 Å². The van der Waals surface area contributed by atoms with Crippen molar-refractivity contribution in [2.75, 3.05) is 32.5 Å². The molecule has 12 heteroatoms. The van der Waals surface area contributed by atoms with Crippen LogP contribution in [-0.2, 0) is 32.8 Å². The predicted octanol–water partition coefficient (Wildman–Crippen LogP) is 2.43. The first-order valence-electron chi connectivity index (χ1n) is 14.2. The van der Waals surface area contributed by atoms with Crippen LogP contribution in [0.1, 0.15) is 67.6 Å². The topological polar surface area (TPSA) is 111 Å². The lowest BCUT2D eigenvalue weighted by atomic mass is 9.57. The molecule has 1 unspecified atom stereocenters. The summed E-state index contributed by atoms with van der Waals surface area (Å²) in [6.07, 6.45) is 0.985. The molecule has 0 spiro atoms. The van der Waals surface area contributed by atoms with E-state index in [1.165, 1.54) is 25.1 Å². The van der Waals surface area contributed by atoms with E-state index in [9.17, 15) is 19.5 Å². The van der Waals surface area contributed by atoms with E-state index in [2.05, 4.69) is 15.5 Å². The van der Waals surface area contributed by atoms with Gasteiger partial charge in [-0.3, -0.25) is 19.4 Å². The summed E-state index contributed by atoms with van der Waals surface area (Å²) in [4.78, 5) is 39.2. The van der Waals surface area contributed by atoms with Crippen molar-refractivity contribution in [3.8, 4) is 0 Å². The highest BCUT2D eigenvalue weighted by Crippen LogP contribution is 2.32. The van der Waals surface area contributed by atoms with Gasteiger partial charge in [0.1, 0.15) is 18.4 Å². The minimum atomic E-state index is -2.05. The molecule has 1 fully saturated rings. The van der Waals surface area contributed by atoms with Gasteiger partial charge >= 0.3 is 0 Å². The maximum Gasteiger partial charge on any atom is 0.267 e. The first kappa shape index (κ1) is 34.4. The lowest BCUT2D eigenvalue weighted by Gasteiger charge is -2.47. The first-order chi connectivity index (χ1) is 20.0. The minimum absolute atomic E-state index is 0.0143. The normalized spacial score (nSPS) is 18.1. The van der Waals surface area contributed by atoms with E-state index in [4.69, 9.17) is 20.4 Å². The number of ether oxygens (including phenoxy) is 1.